The second-order valence-corrected chi connectivity index (χ2v) is 5.90. The molecule has 0 N–H and O–H groups in total. The van der Waals surface area contributed by atoms with E-state index >= 15 is 0 Å². The van der Waals surface area contributed by atoms with Gasteiger partial charge in [-0.05, 0) is 23.7 Å². The summed E-state index contributed by atoms with van der Waals surface area (Å²) in [6.45, 7) is 1.33. The molecule has 0 heterocycles. The van der Waals surface area contributed by atoms with E-state index in [1.807, 2.05) is 0 Å². The van der Waals surface area contributed by atoms with E-state index in [9.17, 15) is 0 Å². The average Bonchev–Trinajstić information content (AvgIpc) is 2.01. The van der Waals surface area contributed by atoms with Crippen LogP contribution in [0.4, 0.5) is 0 Å². The number of quaternary nitrogens is 1. The van der Waals surface area contributed by atoms with Crippen LogP contribution in [0.15, 0.2) is 0 Å². The Kier molecular flexibility index (Phi) is 13.9. The fraction of sp³-hybridized carbons (Fsp3) is 1.00. The molecule has 0 aromatic rings. The van der Waals surface area contributed by atoms with Crippen molar-refractivity contribution in [2.24, 2.45) is 0 Å². The van der Waals surface area contributed by atoms with Crippen LogP contribution >= 0.6 is 22.6 Å². The molecule has 0 aliphatic heterocycles. The summed E-state index contributed by atoms with van der Waals surface area (Å²) in [6.07, 6.45) is 8.56. The third-order valence-corrected chi connectivity index (χ3v) is 2.98. The fourth-order valence-corrected chi connectivity index (χ4v) is 1.93. The van der Waals surface area contributed by atoms with E-state index in [1.165, 1.54) is 49.5 Å². The average molecular weight is 425 g/mol. The summed E-state index contributed by atoms with van der Waals surface area (Å²) in [7, 11) is 6.82. The molecule has 1 nitrogen and oxygen atoms in total. The Bertz CT molecular complexity index is 110. The fourth-order valence-electron chi connectivity index (χ4n) is 1.39. The van der Waals surface area contributed by atoms with Crippen molar-refractivity contribution in [3.63, 3.8) is 0 Å². The summed E-state index contributed by atoms with van der Waals surface area (Å²) in [5, 5.41) is 0. The summed E-state index contributed by atoms with van der Waals surface area (Å²) >= 11 is 2.46. The smallest absolute Gasteiger partial charge is 0.0780 e. The lowest BCUT2D eigenvalue weighted by Crippen LogP contribution is -3.00. The van der Waals surface area contributed by atoms with E-state index in [0.29, 0.717) is 0 Å². The second-order valence-electron chi connectivity index (χ2n) is 4.82. The molecule has 0 spiro atoms. The van der Waals surface area contributed by atoms with E-state index in [2.05, 4.69) is 43.7 Å². The minimum Gasteiger partial charge on any atom is -1.00 e. The molecule has 0 atom stereocenters. The second kappa shape index (κ2) is 10.9. The monoisotopic (exact) mass is 425 g/mol. The number of halogens is 2. The third-order valence-electron chi connectivity index (χ3n) is 2.21. The first-order valence-corrected chi connectivity index (χ1v) is 6.95. The number of rotatable bonds is 8. The maximum Gasteiger partial charge on any atom is 0.0780 e. The van der Waals surface area contributed by atoms with Gasteiger partial charge < -0.3 is 28.5 Å². The summed E-state index contributed by atoms with van der Waals surface area (Å²) in [6, 6.07) is 0. The number of unbranched alkanes of at least 4 members (excludes halogenated alkanes) is 5. The third kappa shape index (κ3) is 15.9. The van der Waals surface area contributed by atoms with Crippen molar-refractivity contribution in [3.8, 4) is 0 Å². The zero-order valence-electron chi connectivity index (χ0n) is 9.86. The number of alkyl halides is 1. The maximum atomic E-state index is 2.46. The minimum atomic E-state index is 0. The van der Waals surface area contributed by atoms with Gasteiger partial charge in [0.05, 0.1) is 27.7 Å². The largest absolute Gasteiger partial charge is 1.00 e. The van der Waals surface area contributed by atoms with Crippen molar-refractivity contribution in [2.45, 2.75) is 38.5 Å². The first-order valence-electron chi connectivity index (χ1n) is 5.43. The Morgan fingerprint density at radius 1 is 0.786 bits per heavy atom. The van der Waals surface area contributed by atoms with Crippen molar-refractivity contribution in [3.05, 3.63) is 0 Å². The topological polar surface area (TPSA) is 0 Å². The number of hydrogen-bond donors (Lipinski definition) is 0. The Hall–Kier alpha value is 1.42. The highest BCUT2D eigenvalue weighted by Crippen LogP contribution is 2.07. The Balaban J connectivity index is 0. The van der Waals surface area contributed by atoms with Crippen LogP contribution in [0.25, 0.3) is 0 Å². The molecule has 14 heavy (non-hydrogen) atoms. The van der Waals surface area contributed by atoms with Gasteiger partial charge in [-0.25, -0.2) is 0 Å². The van der Waals surface area contributed by atoms with Crippen molar-refractivity contribution in [2.75, 3.05) is 32.1 Å². The molecule has 0 aromatic carbocycles. The molecule has 0 amide bonds. The van der Waals surface area contributed by atoms with Gasteiger partial charge in [-0.15, -0.1) is 0 Å². The molecule has 0 unspecified atom stereocenters. The highest BCUT2D eigenvalue weighted by molar-refractivity contribution is 14.1. The molecule has 0 aromatic heterocycles. The Morgan fingerprint density at radius 3 is 1.64 bits per heavy atom. The molecule has 3 heteroatoms. The summed E-state index contributed by atoms with van der Waals surface area (Å²) in [5.41, 5.74) is 0. The normalized spacial score (nSPS) is 11.1. The van der Waals surface area contributed by atoms with Gasteiger partial charge in [-0.3, -0.25) is 0 Å². The van der Waals surface area contributed by atoms with Gasteiger partial charge in [0, 0.05) is 0 Å². The van der Waals surface area contributed by atoms with E-state index in [4.69, 9.17) is 0 Å². The van der Waals surface area contributed by atoms with Crippen LogP contribution in [-0.2, 0) is 0 Å². The van der Waals surface area contributed by atoms with Crippen molar-refractivity contribution in [1.82, 2.24) is 0 Å². The molecule has 0 aliphatic rings. The van der Waals surface area contributed by atoms with Gasteiger partial charge in [0.25, 0.3) is 0 Å². The highest BCUT2D eigenvalue weighted by atomic mass is 127. The van der Waals surface area contributed by atoms with E-state index in [1.54, 1.807) is 0 Å². The molecule has 0 aliphatic carbocycles. The molecule has 0 radical (unpaired) electrons. The lowest BCUT2D eigenvalue weighted by Gasteiger charge is -2.23. The van der Waals surface area contributed by atoms with E-state index in [0.717, 1.165) is 4.48 Å². The van der Waals surface area contributed by atoms with Crippen molar-refractivity contribution < 1.29 is 28.5 Å². The predicted molar refractivity (Wildman–Crippen MR) is 69.5 cm³/mol. The van der Waals surface area contributed by atoms with Gasteiger partial charge in [-0.2, -0.15) is 0 Å². The van der Waals surface area contributed by atoms with Crippen molar-refractivity contribution in [1.29, 1.82) is 0 Å². The number of nitrogens with zero attached hydrogens (tertiary/aromatic N) is 1. The van der Waals surface area contributed by atoms with Crippen LogP contribution in [0.3, 0.4) is 0 Å². The molecule has 88 valence electrons. The highest BCUT2D eigenvalue weighted by Gasteiger charge is 2.04. The summed E-state index contributed by atoms with van der Waals surface area (Å²) in [4.78, 5) is 0. The van der Waals surface area contributed by atoms with Crippen molar-refractivity contribution >= 4 is 22.6 Å². The van der Waals surface area contributed by atoms with E-state index < -0.39 is 0 Å². The molecule has 0 bridgehead atoms. The number of hydrogen-bond acceptors (Lipinski definition) is 0. The van der Waals surface area contributed by atoms with Crippen LogP contribution in [0, 0.1) is 0 Å². The van der Waals surface area contributed by atoms with E-state index in [-0.39, 0.29) is 24.0 Å². The zero-order valence-corrected chi connectivity index (χ0v) is 14.2. The molecular weight excluding hydrogens is 400 g/mol. The van der Waals surface area contributed by atoms with Crippen LogP contribution in [0.1, 0.15) is 38.5 Å². The van der Waals surface area contributed by atoms with Crippen LogP contribution in [0.5, 0.6) is 0 Å². The van der Waals surface area contributed by atoms with Gasteiger partial charge in [-0.1, -0.05) is 41.9 Å². The zero-order chi connectivity index (χ0) is 10.2. The Labute approximate surface area is 121 Å². The van der Waals surface area contributed by atoms with Gasteiger partial charge >= 0.3 is 0 Å². The maximum absolute atomic E-state index is 2.46. The van der Waals surface area contributed by atoms with Crippen LogP contribution in [-0.4, -0.2) is 36.6 Å². The van der Waals surface area contributed by atoms with Crippen LogP contribution < -0.4 is 24.0 Å². The molecule has 0 fully saturated rings. The van der Waals surface area contributed by atoms with Gasteiger partial charge in [0.1, 0.15) is 0 Å². The molecule has 0 saturated heterocycles. The molecular formula is C11H25I2N. The first-order chi connectivity index (χ1) is 6.06. The SMILES string of the molecule is C[N+](C)(C)CCCCCCCCI.[I-]. The minimum absolute atomic E-state index is 0. The predicted octanol–water partition coefficient (Wildman–Crippen LogP) is 0.472. The lowest BCUT2D eigenvalue weighted by molar-refractivity contribution is -0.870. The summed E-state index contributed by atoms with van der Waals surface area (Å²) < 4.78 is 2.45. The summed E-state index contributed by atoms with van der Waals surface area (Å²) in [5.74, 6) is 0. The lowest BCUT2D eigenvalue weighted by atomic mass is 10.1. The first kappa shape index (κ1) is 17.8. The quantitative estimate of drug-likeness (QED) is 0.230. The Morgan fingerprint density at radius 2 is 1.21 bits per heavy atom. The molecule has 0 saturated carbocycles. The van der Waals surface area contributed by atoms with Crippen LogP contribution in [0.2, 0.25) is 0 Å². The van der Waals surface area contributed by atoms with Gasteiger partial charge in [0.15, 0.2) is 0 Å². The molecule has 0 rings (SSSR count). The standard InChI is InChI=1S/C11H25IN.HI/c1-13(2,3)11-9-7-5-4-6-8-10-12;/h4-11H2,1-3H3;1H/q+1;/p-1. The van der Waals surface area contributed by atoms with Gasteiger partial charge in [0.2, 0.25) is 0 Å².